The van der Waals surface area contributed by atoms with Gasteiger partial charge in [-0.25, -0.2) is 10.9 Å². The Labute approximate surface area is 467 Å². The number of Topliss-reactive ketones (excluding diaryl/α,β-unsaturated/α-hetero) is 1. The molecular weight excluding hydrogens is 1070 g/mol. The fourth-order valence-corrected chi connectivity index (χ4v) is 9.89. The zero-order valence-corrected chi connectivity index (χ0v) is 45.6. The third-order valence-electron chi connectivity index (χ3n) is 14.3. The molecule has 32 heteroatoms. The number of hydrazine groups is 1. The number of nitrogens with one attached hydrogen (secondary N) is 9. The highest BCUT2D eigenvalue weighted by molar-refractivity contribution is 5.99. The first kappa shape index (κ1) is 66.3. The van der Waals surface area contributed by atoms with Crippen LogP contribution in [0.4, 0.5) is 0 Å². The molecule has 0 aromatic heterocycles. The van der Waals surface area contributed by atoms with Gasteiger partial charge in [0, 0.05) is 26.2 Å². The van der Waals surface area contributed by atoms with E-state index in [0.29, 0.717) is 70.6 Å². The van der Waals surface area contributed by atoms with Gasteiger partial charge in [-0.1, -0.05) is 6.42 Å². The predicted molar refractivity (Wildman–Crippen MR) is 280 cm³/mol. The number of carbonyl (C=O) groups is 14. The zero-order valence-electron chi connectivity index (χ0n) is 45.6. The van der Waals surface area contributed by atoms with Crippen LogP contribution < -0.4 is 59.5 Å². The number of nitrogens with zero attached hydrogens (tertiary/aromatic N) is 4. The maximum atomic E-state index is 14.1. The number of primary amides is 1. The third kappa shape index (κ3) is 19.2. The molecule has 4 aliphatic heterocycles. The second-order valence-electron chi connectivity index (χ2n) is 20.2. The van der Waals surface area contributed by atoms with Gasteiger partial charge >= 0.3 is 0 Å². The molecule has 0 spiro atoms. The molecule has 0 aromatic rings. The van der Waals surface area contributed by atoms with Crippen molar-refractivity contribution < 1.29 is 82.4 Å². The van der Waals surface area contributed by atoms with Gasteiger partial charge in [0.1, 0.15) is 60.7 Å². The average molecular weight is 1150 g/mol. The molecule has 4 rings (SSSR count). The molecule has 0 unspecified atom stereocenters. The maximum absolute atomic E-state index is 14.1. The lowest BCUT2D eigenvalue weighted by Gasteiger charge is -2.34. The molecular formula is C49H79N15O17. The monoisotopic (exact) mass is 1150 g/mol. The molecule has 0 radical (unpaired) electrons. The van der Waals surface area contributed by atoms with Gasteiger partial charge in [0.2, 0.25) is 70.9 Å². The highest BCUT2D eigenvalue weighted by Crippen LogP contribution is 2.29. The van der Waals surface area contributed by atoms with Crippen LogP contribution >= 0.6 is 0 Å². The standard InChI is InChI=1S/C49H79N15O17/c1-27(47(79)63-17-7-12-36(63)49(81)64-18-8-13-37(64)48(80)62-16-6-11-35(62)46(78)56-31(24-66)28(2)69)55-40(72)21-54-43(75)32(25-67)57-44(76)33(26-68)58-45(77)34-10-5-15-61(34)41(73)22-52-39(71)20-53-42(74)30(19-38(51)70)60-59-29(23-65)9-3-4-14-50/h23,27,29-37,59-60,66-68H,3-22,24-26,50H2,1-2H3,(H2,51,70)(H,52,71)(H,53,74)(H,54,75)(H,55,72)(H,56,78)(H,57,76)(H,58,77)/t27-,29-,30-,31-,32-,33-,34-,35-,36-,37-/m0/s1. The van der Waals surface area contributed by atoms with Gasteiger partial charge in [-0.3, -0.25) is 62.3 Å². The van der Waals surface area contributed by atoms with E-state index in [1.165, 1.54) is 28.5 Å². The lowest BCUT2D eigenvalue weighted by Crippen LogP contribution is -2.59. The minimum absolute atomic E-state index is 0.0693. The van der Waals surface area contributed by atoms with Gasteiger partial charge in [-0.05, 0) is 84.6 Å². The van der Waals surface area contributed by atoms with Crippen LogP contribution in [0.15, 0.2) is 0 Å². The topological polar surface area (TPSA) is 473 Å². The van der Waals surface area contributed by atoms with E-state index in [0.717, 1.165) is 4.90 Å². The Morgan fingerprint density at radius 2 is 1.04 bits per heavy atom. The molecule has 4 fully saturated rings. The van der Waals surface area contributed by atoms with E-state index in [9.17, 15) is 82.4 Å². The first-order valence-corrected chi connectivity index (χ1v) is 27.1. The minimum Gasteiger partial charge on any atom is -0.394 e. The fourth-order valence-electron chi connectivity index (χ4n) is 9.89. The summed E-state index contributed by atoms with van der Waals surface area (Å²) in [6.07, 6.45) is 4.55. The van der Waals surface area contributed by atoms with Crippen LogP contribution in [0.3, 0.4) is 0 Å². The Hall–Kier alpha value is -7.26. The molecule has 452 valence electrons. The van der Waals surface area contributed by atoms with Crippen LogP contribution in [-0.2, 0) is 67.1 Å². The smallest absolute Gasteiger partial charge is 0.246 e. The summed E-state index contributed by atoms with van der Waals surface area (Å²) in [5.74, 6) is -9.77. The van der Waals surface area contributed by atoms with Crippen molar-refractivity contribution in [2.24, 2.45) is 11.5 Å². The van der Waals surface area contributed by atoms with Gasteiger partial charge in [-0.2, -0.15) is 0 Å². The zero-order chi connectivity index (χ0) is 59.9. The molecule has 10 atom stereocenters. The van der Waals surface area contributed by atoms with Crippen molar-refractivity contribution in [1.29, 1.82) is 0 Å². The van der Waals surface area contributed by atoms with Crippen molar-refractivity contribution in [3.05, 3.63) is 0 Å². The summed E-state index contributed by atoms with van der Waals surface area (Å²) in [6.45, 7) is -0.924. The normalized spacial score (nSPS) is 20.9. The van der Waals surface area contributed by atoms with Crippen LogP contribution in [0.25, 0.3) is 0 Å². The first-order valence-electron chi connectivity index (χ1n) is 27.1. The van der Waals surface area contributed by atoms with Gasteiger partial charge < -0.3 is 88.4 Å². The van der Waals surface area contributed by atoms with Gasteiger partial charge in [-0.15, -0.1) is 0 Å². The van der Waals surface area contributed by atoms with E-state index in [1.807, 2.05) is 0 Å². The number of unbranched alkanes of at least 4 members (excludes halogenated alkanes) is 1. The lowest BCUT2D eigenvalue weighted by atomic mass is 10.1. The summed E-state index contributed by atoms with van der Waals surface area (Å²) in [5, 5.41) is 45.8. The summed E-state index contributed by atoms with van der Waals surface area (Å²) in [6, 6.07) is -11.7. The van der Waals surface area contributed by atoms with Crippen molar-refractivity contribution in [3.63, 3.8) is 0 Å². The van der Waals surface area contributed by atoms with E-state index >= 15 is 0 Å². The molecule has 0 saturated carbocycles. The van der Waals surface area contributed by atoms with E-state index in [-0.39, 0.29) is 39.0 Å². The largest absolute Gasteiger partial charge is 0.394 e. The number of nitrogens with two attached hydrogens (primary N) is 2. The van der Waals surface area contributed by atoms with E-state index in [1.54, 1.807) is 0 Å². The number of hydrogen-bond acceptors (Lipinski definition) is 20. The summed E-state index contributed by atoms with van der Waals surface area (Å²) >= 11 is 0. The quantitative estimate of drug-likeness (QED) is 0.0169. The Bertz CT molecular complexity index is 2310. The Morgan fingerprint density at radius 3 is 1.58 bits per heavy atom. The Kier molecular flexibility index (Phi) is 26.9. The number of likely N-dealkylation sites (tertiary alicyclic amines) is 4. The molecule has 4 heterocycles. The highest BCUT2D eigenvalue weighted by Gasteiger charge is 2.46. The number of ketones is 1. The van der Waals surface area contributed by atoms with Gasteiger partial charge in [0.25, 0.3) is 0 Å². The number of hydrogen-bond donors (Lipinski definition) is 14. The number of rotatable bonds is 32. The highest BCUT2D eigenvalue weighted by atomic mass is 16.3. The second-order valence-corrected chi connectivity index (χ2v) is 20.2. The Balaban J connectivity index is 1.22. The predicted octanol–water partition coefficient (Wildman–Crippen LogP) is -9.14. The number of aliphatic hydroxyl groups excluding tert-OH is 3. The van der Waals surface area contributed by atoms with Crippen molar-refractivity contribution in [1.82, 2.24) is 67.7 Å². The number of aldehydes is 1. The number of aliphatic hydroxyl groups is 3. The van der Waals surface area contributed by atoms with Gasteiger partial charge in [0.05, 0.1) is 51.9 Å². The van der Waals surface area contributed by atoms with Crippen LogP contribution in [-0.4, -0.2) is 250 Å². The van der Waals surface area contributed by atoms with Crippen molar-refractivity contribution >= 4 is 83.0 Å². The molecule has 0 bridgehead atoms. The third-order valence-corrected chi connectivity index (χ3v) is 14.3. The molecule has 4 saturated heterocycles. The molecule has 16 N–H and O–H groups in total. The molecule has 12 amide bonds. The lowest BCUT2D eigenvalue weighted by molar-refractivity contribution is -0.151. The van der Waals surface area contributed by atoms with Crippen LogP contribution in [0, 0.1) is 0 Å². The number of amides is 12. The first-order chi connectivity index (χ1) is 38.6. The maximum Gasteiger partial charge on any atom is 0.246 e. The van der Waals surface area contributed by atoms with E-state index in [2.05, 4.69) is 48.1 Å². The summed E-state index contributed by atoms with van der Waals surface area (Å²) < 4.78 is 0. The van der Waals surface area contributed by atoms with Gasteiger partial charge in [0.15, 0.2) is 5.78 Å². The Morgan fingerprint density at radius 1 is 0.556 bits per heavy atom. The van der Waals surface area contributed by atoms with Crippen LogP contribution in [0.2, 0.25) is 0 Å². The second kappa shape index (κ2) is 32.9. The molecule has 81 heavy (non-hydrogen) atoms. The SMILES string of the molecule is CC(=O)[C@H](CO)NC(=O)[C@@H]1CCCN1C(=O)[C@@H]1CCCN1C(=O)[C@@H]1CCCN1C(=O)[C@H](C)NC(=O)CNC(=O)[C@H](CO)NC(=O)[C@H](CO)NC(=O)[C@@H]1CCCN1C(=O)CNC(=O)CNC(=O)[C@H](CC(N)=O)NN[C@H](C=O)CCCCN. The summed E-state index contributed by atoms with van der Waals surface area (Å²) in [4.78, 5) is 186. The molecule has 32 nitrogen and oxygen atoms in total. The summed E-state index contributed by atoms with van der Waals surface area (Å²) in [5.41, 5.74) is 16.0. The number of carbonyl (C=O) groups excluding carboxylic acids is 14. The average Bonchev–Trinajstić information content (AvgIpc) is 4.33. The molecule has 0 aliphatic carbocycles. The van der Waals surface area contributed by atoms with E-state index in [4.69, 9.17) is 11.5 Å². The van der Waals surface area contributed by atoms with Crippen molar-refractivity contribution in [2.75, 3.05) is 72.2 Å². The summed E-state index contributed by atoms with van der Waals surface area (Å²) in [7, 11) is 0. The van der Waals surface area contributed by atoms with Crippen LogP contribution in [0.1, 0.15) is 90.9 Å². The molecule has 0 aromatic carbocycles. The van der Waals surface area contributed by atoms with E-state index < -0.39 is 183 Å². The fraction of sp³-hybridized carbons (Fsp3) is 0.714. The molecule has 4 aliphatic rings. The minimum atomic E-state index is -1.71. The van der Waals surface area contributed by atoms with Crippen LogP contribution in [0.5, 0.6) is 0 Å². The van der Waals surface area contributed by atoms with Crippen molar-refractivity contribution in [2.45, 2.75) is 151 Å². The van der Waals surface area contributed by atoms with Crippen molar-refractivity contribution in [3.8, 4) is 0 Å².